The summed E-state index contributed by atoms with van der Waals surface area (Å²) in [5, 5.41) is 0. The highest BCUT2D eigenvalue weighted by Crippen LogP contribution is 2.50. The van der Waals surface area contributed by atoms with Crippen molar-refractivity contribution in [3.63, 3.8) is 0 Å². The number of hydrogen-bond acceptors (Lipinski definition) is 1. The quantitative estimate of drug-likeness (QED) is 0.691. The minimum absolute atomic E-state index is 0.00616. The van der Waals surface area contributed by atoms with E-state index in [2.05, 4.69) is 65.0 Å². The molecule has 0 aromatic heterocycles. The maximum atomic E-state index is 6.32. The molecule has 0 heterocycles. The van der Waals surface area contributed by atoms with E-state index in [0.717, 1.165) is 19.4 Å². The Labute approximate surface area is 117 Å². The lowest BCUT2D eigenvalue weighted by Crippen LogP contribution is -2.49. The molecule has 0 aliphatic heterocycles. The smallest absolute Gasteiger partial charge is 0.102 e. The zero-order chi connectivity index (χ0) is 14.1. The molecule has 0 saturated carbocycles. The van der Waals surface area contributed by atoms with Crippen molar-refractivity contribution in [2.75, 3.05) is 6.61 Å². The topological polar surface area (TPSA) is 9.23 Å². The van der Waals surface area contributed by atoms with Gasteiger partial charge in [-0.05, 0) is 44.8 Å². The molecule has 1 nitrogen and oxygen atoms in total. The van der Waals surface area contributed by atoms with Gasteiger partial charge in [-0.3, -0.25) is 0 Å². The molecule has 2 rings (SSSR count). The molecular formula is C18H26O. The highest BCUT2D eigenvalue weighted by atomic mass is 16.5. The van der Waals surface area contributed by atoms with Crippen LogP contribution in [0.5, 0.6) is 0 Å². The Morgan fingerprint density at radius 2 is 2.00 bits per heavy atom. The molecule has 1 atom stereocenters. The Balaban J connectivity index is 2.46. The summed E-state index contributed by atoms with van der Waals surface area (Å²) in [6.45, 7) is 11.9. The summed E-state index contributed by atoms with van der Waals surface area (Å²) in [4.78, 5) is 0. The van der Waals surface area contributed by atoms with Crippen molar-refractivity contribution in [1.29, 1.82) is 0 Å². The summed E-state index contributed by atoms with van der Waals surface area (Å²) >= 11 is 0. The number of allylic oxidation sites excluding steroid dienone is 5. The Bertz CT molecular complexity index is 474. The second-order valence-electron chi connectivity index (χ2n) is 6.16. The molecule has 0 aromatic rings. The highest BCUT2D eigenvalue weighted by molar-refractivity contribution is 5.43. The van der Waals surface area contributed by atoms with E-state index in [1.807, 2.05) is 0 Å². The van der Waals surface area contributed by atoms with Gasteiger partial charge < -0.3 is 4.74 Å². The van der Waals surface area contributed by atoms with E-state index in [9.17, 15) is 0 Å². The molecule has 0 N–H and O–H groups in total. The first-order chi connectivity index (χ1) is 8.94. The molecule has 1 heteroatoms. The summed E-state index contributed by atoms with van der Waals surface area (Å²) < 4.78 is 6.32. The molecule has 104 valence electrons. The molecule has 0 fully saturated rings. The van der Waals surface area contributed by atoms with Crippen LogP contribution in [0.25, 0.3) is 0 Å². The SMILES string of the molecule is CCOC1(C(C)(C)C2=CCC=C2)CC=C(C)C=C1C. The van der Waals surface area contributed by atoms with Crippen molar-refractivity contribution in [2.45, 2.75) is 53.1 Å². The van der Waals surface area contributed by atoms with Crippen LogP contribution in [0.2, 0.25) is 0 Å². The van der Waals surface area contributed by atoms with Gasteiger partial charge in [0.1, 0.15) is 5.60 Å². The van der Waals surface area contributed by atoms with Crippen LogP contribution in [0.3, 0.4) is 0 Å². The van der Waals surface area contributed by atoms with Gasteiger partial charge in [0.2, 0.25) is 0 Å². The summed E-state index contributed by atoms with van der Waals surface area (Å²) in [7, 11) is 0. The zero-order valence-electron chi connectivity index (χ0n) is 12.9. The molecule has 0 saturated heterocycles. The molecule has 0 bridgehead atoms. The first-order valence-corrected chi connectivity index (χ1v) is 7.30. The van der Waals surface area contributed by atoms with Crippen LogP contribution in [0, 0.1) is 5.41 Å². The summed E-state index contributed by atoms with van der Waals surface area (Å²) in [6.07, 6.45) is 13.4. The van der Waals surface area contributed by atoms with E-state index in [1.165, 1.54) is 16.7 Å². The average Bonchev–Trinajstić information content (AvgIpc) is 2.87. The molecule has 1 unspecified atom stereocenters. The third-order valence-corrected chi connectivity index (χ3v) is 4.69. The van der Waals surface area contributed by atoms with E-state index < -0.39 is 0 Å². The Morgan fingerprint density at radius 3 is 2.53 bits per heavy atom. The van der Waals surface area contributed by atoms with Gasteiger partial charge in [-0.15, -0.1) is 0 Å². The van der Waals surface area contributed by atoms with Gasteiger partial charge in [0.05, 0.1) is 0 Å². The van der Waals surface area contributed by atoms with Gasteiger partial charge >= 0.3 is 0 Å². The van der Waals surface area contributed by atoms with Gasteiger partial charge in [-0.1, -0.05) is 49.8 Å². The molecule has 19 heavy (non-hydrogen) atoms. The maximum absolute atomic E-state index is 6.32. The number of ether oxygens (including phenoxy) is 1. The zero-order valence-corrected chi connectivity index (χ0v) is 12.9. The Hall–Kier alpha value is -1.08. The maximum Gasteiger partial charge on any atom is 0.102 e. The van der Waals surface area contributed by atoms with Crippen molar-refractivity contribution in [1.82, 2.24) is 0 Å². The van der Waals surface area contributed by atoms with Gasteiger partial charge in [-0.25, -0.2) is 0 Å². The Kier molecular flexibility index (Phi) is 3.87. The van der Waals surface area contributed by atoms with Gasteiger partial charge in [0.15, 0.2) is 0 Å². The van der Waals surface area contributed by atoms with E-state index in [-0.39, 0.29) is 11.0 Å². The first-order valence-electron chi connectivity index (χ1n) is 7.30. The van der Waals surface area contributed by atoms with Crippen LogP contribution in [-0.4, -0.2) is 12.2 Å². The lowest BCUT2D eigenvalue weighted by atomic mass is 9.63. The predicted octanol–water partition coefficient (Wildman–Crippen LogP) is 4.97. The molecule has 2 aliphatic carbocycles. The van der Waals surface area contributed by atoms with Crippen molar-refractivity contribution in [3.8, 4) is 0 Å². The monoisotopic (exact) mass is 258 g/mol. The van der Waals surface area contributed by atoms with Crippen LogP contribution in [0.15, 0.2) is 47.1 Å². The number of hydrogen-bond donors (Lipinski definition) is 0. The fraction of sp³-hybridized carbons (Fsp3) is 0.556. The van der Waals surface area contributed by atoms with Crippen molar-refractivity contribution in [3.05, 3.63) is 47.1 Å². The minimum Gasteiger partial charge on any atom is -0.370 e. The van der Waals surface area contributed by atoms with Crippen molar-refractivity contribution < 1.29 is 4.74 Å². The predicted molar refractivity (Wildman–Crippen MR) is 82.1 cm³/mol. The van der Waals surface area contributed by atoms with Gasteiger partial charge in [0, 0.05) is 12.0 Å². The Morgan fingerprint density at radius 1 is 1.26 bits per heavy atom. The van der Waals surface area contributed by atoms with Gasteiger partial charge in [0.25, 0.3) is 0 Å². The van der Waals surface area contributed by atoms with Crippen LogP contribution in [0.4, 0.5) is 0 Å². The van der Waals surface area contributed by atoms with Crippen LogP contribution >= 0.6 is 0 Å². The summed E-state index contributed by atoms with van der Waals surface area (Å²) in [5.74, 6) is 0. The summed E-state index contributed by atoms with van der Waals surface area (Å²) in [5.41, 5.74) is 3.89. The molecular weight excluding hydrogens is 232 g/mol. The molecule has 0 amide bonds. The minimum atomic E-state index is -0.207. The first kappa shape index (κ1) is 14.3. The van der Waals surface area contributed by atoms with Crippen molar-refractivity contribution >= 4 is 0 Å². The van der Waals surface area contributed by atoms with Crippen LogP contribution < -0.4 is 0 Å². The normalized spacial score (nSPS) is 27.1. The average molecular weight is 258 g/mol. The molecule has 0 spiro atoms. The fourth-order valence-corrected chi connectivity index (χ4v) is 3.49. The second kappa shape index (κ2) is 5.13. The second-order valence-corrected chi connectivity index (χ2v) is 6.16. The lowest BCUT2D eigenvalue weighted by Gasteiger charge is -2.49. The molecule has 0 aromatic carbocycles. The molecule has 0 radical (unpaired) electrons. The largest absolute Gasteiger partial charge is 0.370 e. The van der Waals surface area contributed by atoms with E-state index in [0.29, 0.717) is 0 Å². The van der Waals surface area contributed by atoms with Crippen LogP contribution in [0.1, 0.15) is 47.5 Å². The highest BCUT2D eigenvalue weighted by Gasteiger charge is 2.49. The standard InChI is InChI=1S/C18H26O/c1-6-19-18(12-11-14(2)13-15(18)3)17(4,5)16-9-7-8-10-16/h7,9-11,13H,6,8,12H2,1-5H3. The van der Waals surface area contributed by atoms with E-state index >= 15 is 0 Å². The fourth-order valence-electron chi connectivity index (χ4n) is 3.49. The third kappa shape index (κ3) is 2.25. The van der Waals surface area contributed by atoms with Crippen molar-refractivity contribution in [2.24, 2.45) is 5.41 Å². The van der Waals surface area contributed by atoms with Crippen LogP contribution in [-0.2, 0) is 4.74 Å². The summed E-state index contributed by atoms with van der Waals surface area (Å²) in [6, 6.07) is 0. The number of rotatable bonds is 4. The third-order valence-electron chi connectivity index (χ3n) is 4.69. The van der Waals surface area contributed by atoms with E-state index in [1.54, 1.807) is 0 Å². The van der Waals surface area contributed by atoms with Gasteiger partial charge in [-0.2, -0.15) is 0 Å². The van der Waals surface area contributed by atoms with E-state index in [4.69, 9.17) is 4.74 Å². The lowest BCUT2D eigenvalue weighted by molar-refractivity contribution is -0.0747. The molecule has 2 aliphatic rings.